The molecule has 0 aliphatic carbocycles. The van der Waals surface area contributed by atoms with Crippen LogP contribution in [-0.4, -0.2) is 16.9 Å². The van der Waals surface area contributed by atoms with E-state index in [1.807, 2.05) is 0 Å². The Hall–Kier alpha value is -1.53. The minimum Gasteiger partial charge on any atom is -0.445 e. The van der Waals surface area contributed by atoms with E-state index in [2.05, 4.69) is 9.97 Å². The maximum atomic E-state index is 13.0. The van der Waals surface area contributed by atoms with Crippen molar-refractivity contribution in [3.8, 4) is 0 Å². The predicted octanol–water partition coefficient (Wildman–Crippen LogP) is 1.76. The van der Waals surface area contributed by atoms with Gasteiger partial charge in [-0.15, -0.1) is 5.46 Å². The lowest BCUT2D eigenvalue weighted by molar-refractivity contribution is 0.500. The van der Waals surface area contributed by atoms with Gasteiger partial charge in [-0.3, -0.25) is 0 Å². The number of benzene rings is 1. The summed E-state index contributed by atoms with van der Waals surface area (Å²) in [5.41, 5.74) is -0.979. The molecule has 0 saturated carbocycles. The molecule has 1 aromatic heterocycles. The fourth-order valence-corrected chi connectivity index (χ4v) is 1.22. The van der Waals surface area contributed by atoms with E-state index in [-0.39, 0.29) is 11.0 Å². The summed E-state index contributed by atoms with van der Waals surface area (Å²) in [6.07, 6.45) is 1.15. The fourth-order valence-electron chi connectivity index (χ4n) is 1.22. The summed E-state index contributed by atoms with van der Waals surface area (Å²) in [6, 6.07) is 1.31. The molecule has 1 heterocycles. The van der Waals surface area contributed by atoms with Gasteiger partial charge in [0, 0.05) is 0 Å². The van der Waals surface area contributed by atoms with Crippen LogP contribution < -0.4 is 5.46 Å². The topological polar surface area (TPSA) is 28.7 Å². The van der Waals surface area contributed by atoms with Gasteiger partial charge in [0.25, 0.3) is 0 Å². The molecule has 0 radical (unpaired) electrons. The van der Waals surface area contributed by atoms with Crippen LogP contribution in [0.5, 0.6) is 0 Å². The van der Waals surface area contributed by atoms with Gasteiger partial charge in [-0.25, -0.2) is 9.37 Å². The number of nitrogens with zero attached hydrogens (tertiary/aromatic N) is 1. The SMILES string of the molecule is Fc1cc([B-](F)(F)F)cc2[nH]cnc12. The molecule has 0 saturated heterocycles. The zero-order valence-electron chi connectivity index (χ0n) is 6.77. The van der Waals surface area contributed by atoms with Crippen LogP contribution in [-0.2, 0) is 0 Å². The lowest BCUT2D eigenvalue weighted by atomic mass is 9.80. The van der Waals surface area contributed by atoms with Crippen LogP contribution in [0, 0.1) is 5.82 Å². The van der Waals surface area contributed by atoms with Gasteiger partial charge in [0.05, 0.1) is 11.8 Å². The number of rotatable bonds is 1. The number of aromatic amines is 1. The second-order valence-corrected chi connectivity index (χ2v) is 2.88. The van der Waals surface area contributed by atoms with Crippen LogP contribution in [0.4, 0.5) is 17.3 Å². The van der Waals surface area contributed by atoms with Gasteiger partial charge in [0.1, 0.15) is 11.3 Å². The first-order valence-electron chi connectivity index (χ1n) is 3.81. The van der Waals surface area contributed by atoms with Gasteiger partial charge in [0.15, 0.2) is 0 Å². The average Bonchev–Trinajstić information content (AvgIpc) is 2.50. The Morgan fingerprint density at radius 1 is 1.21 bits per heavy atom. The lowest BCUT2D eigenvalue weighted by Crippen LogP contribution is -2.34. The molecule has 14 heavy (non-hydrogen) atoms. The highest BCUT2D eigenvalue weighted by molar-refractivity contribution is 6.73. The maximum absolute atomic E-state index is 13.0. The second-order valence-electron chi connectivity index (χ2n) is 2.88. The molecule has 0 aliphatic heterocycles. The first kappa shape index (κ1) is 9.05. The minimum absolute atomic E-state index is 0.0548. The van der Waals surface area contributed by atoms with E-state index in [9.17, 15) is 17.3 Å². The van der Waals surface area contributed by atoms with E-state index < -0.39 is 18.3 Å². The Morgan fingerprint density at radius 3 is 2.57 bits per heavy atom. The summed E-state index contributed by atoms with van der Waals surface area (Å²) in [4.78, 5) is 5.98. The van der Waals surface area contributed by atoms with Crippen molar-refractivity contribution in [1.82, 2.24) is 9.97 Å². The molecule has 0 fully saturated rings. The normalized spacial score (nSPS) is 12.3. The molecule has 1 aromatic carbocycles. The van der Waals surface area contributed by atoms with E-state index in [1.165, 1.54) is 0 Å². The molecule has 7 heteroatoms. The first-order valence-corrected chi connectivity index (χ1v) is 3.81. The van der Waals surface area contributed by atoms with E-state index in [4.69, 9.17) is 0 Å². The quantitative estimate of drug-likeness (QED) is 0.555. The van der Waals surface area contributed by atoms with Gasteiger partial charge >= 0.3 is 6.98 Å². The van der Waals surface area contributed by atoms with Gasteiger partial charge in [-0.2, -0.15) is 0 Å². The molecule has 2 nitrogen and oxygen atoms in total. The number of aromatic nitrogens is 2. The van der Waals surface area contributed by atoms with E-state index in [0.717, 1.165) is 12.4 Å². The van der Waals surface area contributed by atoms with Crippen molar-refractivity contribution < 1.29 is 17.3 Å². The van der Waals surface area contributed by atoms with Crippen molar-refractivity contribution >= 4 is 23.5 Å². The molecule has 0 unspecified atom stereocenters. The van der Waals surface area contributed by atoms with Crippen molar-refractivity contribution in [2.75, 3.05) is 0 Å². The van der Waals surface area contributed by atoms with Crippen molar-refractivity contribution in [3.05, 3.63) is 24.3 Å². The van der Waals surface area contributed by atoms with Crippen LogP contribution in [0.15, 0.2) is 18.5 Å². The van der Waals surface area contributed by atoms with Crippen LogP contribution in [0.2, 0.25) is 0 Å². The van der Waals surface area contributed by atoms with Gasteiger partial charge in [-0.1, -0.05) is 12.1 Å². The summed E-state index contributed by atoms with van der Waals surface area (Å²) in [6.45, 7) is -5.17. The molecule has 0 aliphatic rings. The summed E-state index contributed by atoms with van der Waals surface area (Å²) in [5.74, 6) is -0.960. The summed E-state index contributed by atoms with van der Waals surface area (Å²) < 4.78 is 49.8. The summed E-state index contributed by atoms with van der Waals surface area (Å²) in [5, 5.41) is 0. The fraction of sp³-hybridized carbons (Fsp3) is 0. The lowest BCUT2D eigenvalue weighted by Gasteiger charge is -2.14. The standard InChI is InChI=1S/C7H4BF4N2/c9-5-1-4(8(10,11)12)2-6-7(5)14-3-13-6/h1-3H,(H,13,14)/q-1. The monoisotopic (exact) mass is 203 g/mol. The van der Waals surface area contributed by atoms with E-state index >= 15 is 0 Å². The molecule has 0 atom stereocenters. The number of imidazole rings is 1. The van der Waals surface area contributed by atoms with Gasteiger partial charge < -0.3 is 17.9 Å². The van der Waals surface area contributed by atoms with Crippen LogP contribution in [0.25, 0.3) is 11.0 Å². The molecular formula is C7H4BF4N2-. The van der Waals surface area contributed by atoms with E-state index in [1.54, 1.807) is 0 Å². The van der Waals surface area contributed by atoms with Gasteiger partial charge in [0.2, 0.25) is 0 Å². The molecular weight excluding hydrogens is 199 g/mol. The van der Waals surface area contributed by atoms with Gasteiger partial charge in [-0.05, 0) is 0 Å². The molecule has 0 amide bonds. The van der Waals surface area contributed by atoms with Crippen LogP contribution in [0.1, 0.15) is 0 Å². The first-order chi connectivity index (χ1) is 6.48. The number of H-pyrrole nitrogens is 1. The Kier molecular flexibility index (Phi) is 1.76. The van der Waals surface area contributed by atoms with Crippen molar-refractivity contribution in [3.63, 3.8) is 0 Å². The molecule has 1 N–H and O–H groups in total. The highest BCUT2D eigenvalue weighted by Gasteiger charge is 2.26. The predicted molar refractivity (Wildman–Crippen MR) is 44.8 cm³/mol. The van der Waals surface area contributed by atoms with Crippen LogP contribution >= 0.6 is 0 Å². The number of fused-ring (bicyclic) bond motifs is 1. The average molecular weight is 203 g/mol. The smallest absolute Gasteiger partial charge is 0.445 e. The highest BCUT2D eigenvalue weighted by Crippen LogP contribution is 2.16. The third-order valence-corrected chi connectivity index (χ3v) is 1.88. The number of nitrogens with one attached hydrogen (secondary N) is 1. The Labute approximate surface area is 76.0 Å². The Balaban J connectivity index is 2.70. The van der Waals surface area contributed by atoms with Crippen molar-refractivity contribution in [2.45, 2.75) is 0 Å². The number of hydrogen-bond acceptors (Lipinski definition) is 1. The second kappa shape index (κ2) is 2.73. The maximum Gasteiger partial charge on any atom is 0.509 e. The molecule has 2 rings (SSSR count). The molecule has 2 aromatic rings. The third kappa shape index (κ3) is 1.34. The number of halogens is 4. The van der Waals surface area contributed by atoms with E-state index in [0.29, 0.717) is 6.07 Å². The summed E-state index contributed by atoms with van der Waals surface area (Å²) in [7, 11) is 0. The zero-order chi connectivity index (χ0) is 10.3. The molecule has 0 spiro atoms. The molecule has 0 bridgehead atoms. The molecule has 74 valence electrons. The van der Waals surface area contributed by atoms with Crippen molar-refractivity contribution in [2.24, 2.45) is 0 Å². The Morgan fingerprint density at radius 2 is 1.93 bits per heavy atom. The summed E-state index contributed by atoms with van der Waals surface area (Å²) >= 11 is 0. The van der Waals surface area contributed by atoms with Crippen molar-refractivity contribution in [1.29, 1.82) is 0 Å². The largest absolute Gasteiger partial charge is 0.509 e. The van der Waals surface area contributed by atoms with Crippen LogP contribution in [0.3, 0.4) is 0 Å². The minimum atomic E-state index is -5.17. The highest BCUT2D eigenvalue weighted by atomic mass is 19.4. The third-order valence-electron chi connectivity index (χ3n) is 1.88. The zero-order valence-corrected chi connectivity index (χ0v) is 6.77. The number of hydrogen-bond donors (Lipinski definition) is 1. The Bertz CT molecular complexity index is 476.